The highest BCUT2D eigenvalue weighted by Gasteiger charge is 2.31. The molecule has 0 spiro atoms. The maximum atomic E-state index is 12.8. The number of esters is 2. The molecule has 0 bridgehead atoms. The van der Waals surface area contributed by atoms with Gasteiger partial charge in [0, 0.05) is 19.3 Å². The first-order chi connectivity index (χ1) is 30.6. The van der Waals surface area contributed by atoms with Crippen molar-refractivity contribution in [3.63, 3.8) is 0 Å². The SMILES string of the molecule is CC/C=C/C/C=C/C/C=C/C/C=C/C/C=C/CCCCCCCCCC(=O)OCC(COCCC(C(=O)O)[N+](C)(C)C)OC(=O)CCCCC/C=C/C=C/CCCCCCCCC. The fraction of sp³-hybridized carbons (Fsp3) is 0.691. The molecule has 0 amide bonds. The summed E-state index contributed by atoms with van der Waals surface area (Å²) in [6.45, 7) is 4.57. The second kappa shape index (κ2) is 45.1. The average Bonchev–Trinajstić information content (AvgIpc) is 3.24. The summed E-state index contributed by atoms with van der Waals surface area (Å²) in [4.78, 5) is 37.1. The predicted octanol–water partition coefficient (Wildman–Crippen LogP) is 14.5. The van der Waals surface area contributed by atoms with Gasteiger partial charge in [-0.05, 0) is 83.5 Å². The zero-order valence-electron chi connectivity index (χ0n) is 41.0. The van der Waals surface area contributed by atoms with Crippen LogP contribution in [0.25, 0.3) is 0 Å². The number of carboxylic acids is 1. The van der Waals surface area contributed by atoms with Crippen molar-refractivity contribution in [1.29, 1.82) is 0 Å². The van der Waals surface area contributed by atoms with Crippen molar-refractivity contribution in [1.82, 2.24) is 0 Å². The van der Waals surface area contributed by atoms with E-state index in [1.54, 1.807) is 0 Å². The molecule has 0 aromatic heterocycles. The molecule has 360 valence electrons. The second-order valence-electron chi connectivity index (χ2n) is 17.7. The standard InChI is InChI=1S/C55H93NO7/c1-6-8-10-12-14-16-18-20-22-24-25-26-27-28-29-30-32-33-35-37-39-41-43-45-53(57)62-50-51(49-61-48-47-52(55(59)60)56(3,4)5)63-54(58)46-44-42-40-38-36-34-31-23-21-19-17-15-13-11-9-7-2/h8,10,14,16,20,22-23,25-26,28-29,31,34,36,51-52H,6-7,9,11-13,15,17-19,21,24,27,30,32-33,35,37-50H2,1-5H3/p+1/b10-8+,16-14+,22-20+,26-25+,29-28+,31-23+,36-34+. The third-order valence-corrected chi connectivity index (χ3v) is 10.8. The minimum absolute atomic E-state index is 0.0425. The Morgan fingerprint density at radius 2 is 0.937 bits per heavy atom. The van der Waals surface area contributed by atoms with Crippen LogP contribution in [-0.2, 0) is 28.6 Å². The van der Waals surface area contributed by atoms with Crippen molar-refractivity contribution in [2.45, 2.75) is 206 Å². The molecule has 0 fully saturated rings. The van der Waals surface area contributed by atoms with E-state index in [1.165, 1.54) is 70.6 Å². The summed E-state index contributed by atoms with van der Waals surface area (Å²) < 4.78 is 17.3. The number of nitrogens with zero attached hydrogens (tertiary/aromatic N) is 1. The van der Waals surface area contributed by atoms with E-state index < -0.39 is 18.1 Å². The van der Waals surface area contributed by atoms with Crippen LogP contribution in [0.15, 0.2) is 85.1 Å². The van der Waals surface area contributed by atoms with Gasteiger partial charge in [0.05, 0.1) is 34.4 Å². The summed E-state index contributed by atoms with van der Waals surface area (Å²) in [5, 5.41) is 9.65. The predicted molar refractivity (Wildman–Crippen MR) is 266 cm³/mol. The van der Waals surface area contributed by atoms with Crippen molar-refractivity contribution in [3.05, 3.63) is 85.1 Å². The van der Waals surface area contributed by atoms with Crippen molar-refractivity contribution >= 4 is 17.9 Å². The highest BCUT2D eigenvalue weighted by atomic mass is 16.6. The molecule has 0 heterocycles. The number of hydrogen-bond donors (Lipinski definition) is 1. The van der Waals surface area contributed by atoms with Gasteiger partial charge in [0.2, 0.25) is 0 Å². The number of aliphatic carboxylic acids is 1. The number of allylic oxidation sites excluding steroid dienone is 14. The van der Waals surface area contributed by atoms with Crippen molar-refractivity contribution < 1.29 is 38.2 Å². The first-order valence-electron chi connectivity index (χ1n) is 25.1. The molecule has 0 aliphatic carbocycles. The highest BCUT2D eigenvalue weighted by Crippen LogP contribution is 2.13. The molecule has 0 saturated carbocycles. The van der Waals surface area contributed by atoms with Gasteiger partial charge in [0.15, 0.2) is 12.1 Å². The number of carbonyl (C=O) groups is 3. The molecule has 0 aromatic rings. The lowest BCUT2D eigenvalue weighted by atomic mass is 10.1. The second-order valence-corrected chi connectivity index (χ2v) is 17.7. The lowest BCUT2D eigenvalue weighted by molar-refractivity contribution is -0.887. The quantitative estimate of drug-likeness (QED) is 0.0214. The molecule has 0 radical (unpaired) electrons. The molecule has 0 aliphatic heterocycles. The summed E-state index contributed by atoms with van der Waals surface area (Å²) in [5.41, 5.74) is 0. The normalized spacial score (nSPS) is 13.6. The van der Waals surface area contributed by atoms with Gasteiger partial charge in [-0.3, -0.25) is 9.59 Å². The fourth-order valence-electron chi connectivity index (χ4n) is 6.93. The monoisotopic (exact) mass is 881 g/mol. The number of hydrogen-bond acceptors (Lipinski definition) is 6. The Hall–Kier alpha value is -3.49. The molecule has 2 atom stereocenters. The third-order valence-electron chi connectivity index (χ3n) is 10.8. The Balaban J connectivity index is 4.32. The number of ether oxygens (including phenoxy) is 3. The Kier molecular flexibility index (Phi) is 42.6. The van der Waals surface area contributed by atoms with Crippen LogP contribution >= 0.6 is 0 Å². The van der Waals surface area contributed by atoms with E-state index >= 15 is 0 Å². The van der Waals surface area contributed by atoms with Gasteiger partial charge in [-0.2, -0.15) is 0 Å². The first-order valence-corrected chi connectivity index (χ1v) is 25.1. The Labute approximate surface area is 386 Å². The first kappa shape index (κ1) is 59.5. The third kappa shape index (κ3) is 43.5. The number of unbranched alkanes of at least 4 members (excludes halogenated alkanes) is 17. The molecule has 1 N–H and O–H groups in total. The number of rotatable bonds is 44. The van der Waals surface area contributed by atoms with Gasteiger partial charge in [-0.15, -0.1) is 0 Å². The molecule has 0 saturated heterocycles. The molecule has 2 unspecified atom stereocenters. The van der Waals surface area contributed by atoms with Crippen LogP contribution in [0.3, 0.4) is 0 Å². The van der Waals surface area contributed by atoms with Crippen LogP contribution in [0, 0.1) is 0 Å². The molecule has 8 nitrogen and oxygen atoms in total. The van der Waals surface area contributed by atoms with Crippen molar-refractivity contribution in [2.75, 3.05) is 41.0 Å². The van der Waals surface area contributed by atoms with Crippen molar-refractivity contribution in [3.8, 4) is 0 Å². The van der Waals surface area contributed by atoms with E-state index in [1.807, 2.05) is 21.1 Å². The topological polar surface area (TPSA) is 99.1 Å². The summed E-state index contributed by atoms with van der Waals surface area (Å²) in [5.74, 6) is -1.52. The lowest BCUT2D eigenvalue weighted by Crippen LogP contribution is -2.50. The van der Waals surface area contributed by atoms with Gasteiger partial charge in [-0.25, -0.2) is 4.79 Å². The van der Waals surface area contributed by atoms with Gasteiger partial charge < -0.3 is 23.8 Å². The molecule has 63 heavy (non-hydrogen) atoms. The van der Waals surface area contributed by atoms with Gasteiger partial charge in [-0.1, -0.05) is 176 Å². The zero-order valence-corrected chi connectivity index (χ0v) is 41.0. The molecular weight excluding hydrogens is 787 g/mol. The maximum Gasteiger partial charge on any atom is 0.362 e. The number of carbonyl (C=O) groups excluding carboxylic acids is 2. The molecule has 8 heteroatoms. The van der Waals surface area contributed by atoms with E-state index in [-0.39, 0.29) is 36.2 Å². The Morgan fingerprint density at radius 1 is 0.508 bits per heavy atom. The Bertz CT molecular complexity index is 1300. The Morgan fingerprint density at radius 3 is 1.43 bits per heavy atom. The average molecular weight is 881 g/mol. The van der Waals surface area contributed by atoms with Gasteiger partial charge in [0.1, 0.15) is 6.61 Å². The summed E-state index contributed by atoms with van der Waals surface area (Å²) in [6, 6.07) is -0.626. The van der Waals surface area contributed by atoms with E-state index in [4.69, 9.17) is 14.2 Å². The van der Waals surface area contributed by atoms with E-state index in [9.17, 15) is 19.5 Å². The van der Waals surface area contributed by atoms with E-state index in [0.717, 1.165) is 89.9 Å². The summed E-state index contributed by atoms with van der Waals surface area (Å²) >= 11 is 0. The number of likely N-dealkylation sites (N-methyl/N-ethyl adjacent to an activating group) is 1. The van der Waals surface area contributed by atoms with Crippen LogP contribution in [0.1, 0.15) is 194 Å². The maximum absolute atomic E-state index is 12.8. The number of quaternary nitrogens is 1. The molecular formula is C55H94NO7+. The summed E-state index contributed by atoms with van der Waals surface area (Å²) in [6.07, 6.45) is 59.2. The molecule has 0 rings (SSSR count). The van der Waals surface area contributed by atoms with Crippen LogP contribution < -0.4 is 0 Å². The van der Waals surface area contributed by atoms with Crippen LogP contribution in [0.2, 0.25) is 0 Å². The van der Waals surface area contributed by atoms with Crippen LogP contribution in [-0.4, -0.2) is 80.6 Å². The van der Waals surface area contributed by atoms with E-state index in [0.29, 0.717) is 19.3 Å². The van der Waals surface area contributed by atoms with Crippen LogP contribution in [0.4, 0.5) is 0 Å². The molecule has 0 aliphatic rings. The lowest BCUT2D eigenvalue weighted by Gasteiger charge is -2.31. The highest BCUT2D eigenvalue weighted by molar-refractivity contribution is 5.72. The smallest absolute Gasteiger partial charge is 0.362 e. The molecule has 0 aromatic carbocycles. The largest absolute Gasteiger partial charge is 0.477 e. The minimum Gasteiger partial charge on any atom is -0.477 e. The van der Waals surface area contributed by atoms with E-state index in [2.05, 4.69) is 98.9 Å². The van der Waals surface area contributed by atoms with Crippen molar-refractivity contribution in [2.24, 2.45) is 0 Å². The minimum atomic E-state index is -0.883. The summed E-state index contributed by atoms with van der Waals surface area (Å²) in [7, 11) is 5.51. The number of carboxylic acid groups (broad SMARTS) is 1. The van der Waals surface area contributed by atoms with Crippen LogP contribution in [0.5, 0.6) is 0 Å². The van der Waals surface area contributed by atoms with Gasteiger partial charge in [0.25, 0.3) is 0 Å². The zero-order chi connectivity index (χ0) is 46.3. The van der Waals surface area contributed by atoms with Gasteiger partial charge >= 0.3 is 17.9 Å². The fourth-order valence-corrected chi connectivity index (χ4v) is 6.93.